The fourth-order valence-corrected chi connectivity index (χ4v) is 4.60. The lowest BCUT2D eigenvalue weighted by atomic mass is 10.1. The lowest BCUT2D eigenvalue weighted by Crippen LogP contribution is -2.39. The number of rotatable bonds is 4. The second-order valence-electron chi connectivity index (χ2n) is 4.61. The molecule has 7 heteroatoms. The first kappa shape index (κ1) is 14.0. The van der Waals surface area contributed by atoms with Crippen molar-refractivity contribution in [3.63, 3.8) is 0 Å². The fraction of sp³-hybridized carbons (Fsp3) is 0.636. The maximum Gasteiger partial charge on any atom is 0.151 e. The van der Waals surface area contributed by atoms with Crippen molar-refractivity contribution in [1.29, 1.82) is 0 Å². The lowest BCUT2D eigenvalue weighted by molar-refractivity contribution is 0.170. The van der Waals surface area contributed by atoms with Crippen LogP contribution in [0.1, 0.15) is 18.2 Å². The Morgan fingerprint density at radius 3 is 2.83 bits per heavy atom. The Kier molecular flexibility index (Phi) is 4.15. The van der Waals surface area contributed by atoms with E-state index in [1.165, 1.54) is 0 Å². The van der Waals surface area contributed by atoms with Crippen LogP contribution in [-0.2, 0) is 9.84 Å². The van der Waals surface area contributed by atoms with Crippen LogP contribution in [-0.4, -0.2) is 44.5 Å². The number of hydrogen-bond acceptors (Lipinski definition) is 5. The number of halogens is 1. The molecule has 2 rings (SSSR count). The van der Waals surface area contributed by atoms with Crippen molar-refractivity contribution in [1.82, 2.24) is 4.90 Å². The molecule has 2 atom stereocenters. The van der Waals surface area contributed by atoms with Crippen molar-refractivity contribution in [2.75, 3.05) is 25.1 Å². The van der Waals surface area contributed by atoms with Gasteiger partial charge in [-0.1, -0.05) is 0 Å². The van der Waals surface area contributed by atoms with Crippen LogP contribution in [0.5, 0.6) is 0 Å². The first-order valence-electron chi connectivity index (χ1n) is 5.80. The fourth-order valence-electron chi connectivity index (χ4n) is 2.35. The quantitative estimate of drug-likeness (QED) is 0.892. The summed E-state index contributed by atoms with van der Waals surface area (Å²) >= 11 is 3.41. The molecule has 2 heterocycles. The average molecular weight is 337 g/mol. The van der Waals surface area contributed by atoms with E-state index >= 15 is 0 Å². The molecule has 1 aliphatic heterocycles. The van der Waals surface area contributed by atoms with Crippen molar-refractivity contribution in [2.24, 2.45) is 5.73 Å². The predicted molar refractivity (Wildman–Crippen MR) is 73.0 cm³/mol. The molecule has 0 aromatic carbocycles. The SMILES string of the molecule is CN(C1CCS(=O)(=O)C1)C(CN)c1occc1Br. The predicted octanol–water partition coefficient (Wildman–Crippen LogP) is 1.16. The van der Waals surface area contributed by atoms with E-state index in [0.717, 1.165) is 10.2 Å². The van der Waals surface area contributed by atoms with Gasteiger partial charge in [0.25, 0.3) is 0 Å². The molecule has 2 N–H and O–H groups in total. The minimum atomic E-state index is -2.89. The smallest absolute Gasteiger partial charge is 0.151 e. The highest BCUT2D eigenvalue weighted by atomic mass is 79.9. The molecule has 0 amide bonds. The molecule has 2 unspecified atom stereocenters. The number of furan rings is 1. The summed E-state index contributed by atoms with van der Waals surface area (Å²) in [4.78, 5) is 2.01. The van der Waals surface area contributed by atoms with Crippen molar-refractivity contribution in [3.8, 4) is 0 Å². The summed E-state index contributed by atoms with van der Waals surface area (Å²) in [5.41, 5.74) is 5.80. The van der Waals surface area contributed by atoms with Crippen molar-refractivity contribution < 1.29 is 12.8 Å². The second-order valence-corrected chi connectivity index (χ2v) is 7.69. The highest BCUT2D eigenvalue weighted by molar-refractivity contribution is 9.10. The average Bonchev–Trinajstić information content (AvgIpc) is 2.87. The molecule has 18 heavy (non-hydrogen) atoms. The number of hydrogen-bond donors (Lipinski definition) is 1. The van der Waals surface area contributed by atoms with E-state index in [4.69, 9.17) is 10.2 Å². The van der Waals surface area contributed by atoms with Gasteiger partial charge < -0.3 is 10.2 Å². The molecule has 1 aliphatic rings. The van der Waals surface area contributed by atoms with Gasteiger partial charge in [0.15, 0.2) is 9.84 Å². The van der Waals surface area contributed by atoms with Gasteiger partial charge in [0.1, 0.15) is 5.76 Å². The van der Waals surface area contributed by atoms with E-state index in [2.05, 4.69) is 15.9 Å². The van der Waals surface area contributed by atoms with Gasteiger partial charge >= 0.3 is 0 Å². The minimum Gasteiger partial charge on any atom is -0.466 e. The van der Waals surface area contributed by atoms with Crippen molar-refractivity contribution >= 4 is 25.8 Å². The Hall–Kier alpha value is -0.370. The van der Waals surface area contributed by atoms with E-state index in [1.807, 2.05) is 18.0 Å². The molecule has 5 nitrogen and oxygen atoms in total. The number of nitrogens with zero attached hydrogens (tertiary/aromatic N) is 1. The molecule has 0 saturated carbocycles. The molecule has 1 fully saturated rings. The molecule has 0 bridgehead atoms. The normalized spacial score (nSPS) is 24.6. The topological polar surface area (TPSA) is 76.5 Å². The van der Waals surface area contributed by atoms with Gasteiger partial charge in [-0.3, -0.25) is 4.90 Å². The first-order valence-corrected chi connectivity index (χ1v) is 8.41. The Morgan fingerprint density at radius 1 is 1.67 bits per heavy atom. The van der Waals surface area contributed by atoms with E-state index in [0.29, 0.717) is 13.0 Å². The highest BCUT2D eigenvalue weighted by Crippen LogP contribution is 2.31. The lowest BCUT2D eigenvalue weighted by Gasteiger charge is -2.30. The van der Waals surface area contributed by atoms with Crippen LogP contribution in [0.25, 0.3) is 0 Å². The van der Waals surface area contributed by atoms with Crippen LogP contribution in [0.2, 0.25) is 0 Å². The van der Waals surface area contributed by atoms with Gasteiger partial charge in [-0.25, -0.2) is 8.42 Å². The summed E-state index contributed by atoms with van der Waals surface area (Å²) in [6.07, 6.45) is 2.26. The molecule has 0 spiro atoms. The Morgan fingerprint density at radius 2 is 2.39 bits per heavy atom. The standard InChI is InChI=1S/C11H17BrN2O3S/c1-14(8-3-5-18(15,16)7-8)10(6-13)11-9(12)2-4-17-11/h2,4,8,10H,3,5-7,13H2,1H3. The number of likely N-dealkylation sites (N-methyl/N-ethyl adjacent to an activating group) is 1. The van der Waals surface area contributed by atoms with E-state index < -0.39 is 9.84 Å². The maximum atomic E-state index is 11.5. The summed E-state index contributed by atoms with van der Waals surface area (Å²) in [5, 5.41) is 0. The van der Waals surface area contributed by atoms with Crippen molar-refractivity contribution in [2.45, 2.75) is 18.5 Å². The zero-order valence-electron chi connectivity index (χ0n) is 10.2. The maximum absolute atomic E-state index is 11.5. The van der Waals surface area contributed by atoms with E-state index in [1.54, 1.807) is 6.26 Å². The molecule has 1 aromatic heterocycles. The third-order valence-corrected chi connectivity index (χ3v) is 5.85. The zero-order valence-corrected chi connectivity index (χ0v) is 12.6. The van der Waals surface area contributed by atoms with Crippen molar-refractivity contribution in [3.05, 3.63) is 22.6 Å². The molecule has 0 radical (unpaired) electrons. The minimum absolute atomic E-state index is 0.0144. The number of sulfone groups is 1. The van der Waals surface area contributed by atoms with Crippen LogP contribution in [0.15, 0.2) is 21.2 Å². The molecule has 1 aromatic rings. The summed E-state index contributed by atoms with van der Waals surface area (Å²) < 4.78 is 29.3. The van der Waals surface area contributed by atoms with Gasteiger partial charge in [-0.15, -0.1) is 0 Å². The molecule has 0 aliphatic carbocycles. The molecular weight excluding hydrogens is 320 g/mol. The van der Waals surface area contributed by atoms with Gasteiger partial charge in [-0.05, 0) is 35.5 Å². The largest absolute Gasteiger partial charge is 0.466 e. The van der Waals surface area contributed by atoms with Gasteiger partial charge in [0.05, 0.1) is 28.3 Å². The third-order valence-electron chi connectivity index (χ3n) is 3.45. The van der Waals surface area contributed by atoms with Crippen LogP contribution in [0, 0.1) is 0 Å². The second kappa shape index (κ2) is 5.32. The highest BCUT2D eigenvalue weighted by Gasteiger charge is 2.35. The first-order chi connectivity index (χ1) is 8.44. The summed E-state index contributed by atoms with van der Waals surface area (Å²) in [7, 11) is -0.985. The number of nitrogens with two attached hydrogens (primary N) is 1. The van der Waals surface area contributed by atoms with E-state index in [9.17, 15) is 8.42 Å². The molecule has 1 saturated heterocycles. The Balaban J connectivity index is 2.17. The third kappa shape index (κ3) is 2.79. The molecule has 102 valence electrons. The van der Waals surface area contributed by atoms with Gasteiger partial charge in [0, 0.05) is 12.6 Å². The van der Waals surface area contributed by atoms with Crippen LogP contribution < -0.4 is 5.73 Å². The summed E-state index contributed by atoms with van der Waals surface area (Å²) in [5.74, 6) is 1.22. The Bertz CT molecular complexity index is 514. The van der Waals surface area contributed by atoms with E-state index in [-0.39, 0.29) is 23.6 Å². The Labute approximate surface area is 115 Å². The summed E-state index contributed by atoms with van der Waals surface area (Å²) in [6, 6.07) is 1.73. The van der Waals surface area contributed by atoms with Gasteiger partial charge in [0.2, 0.25) is 0 Å². The van der Waals surface area contributed by atoms with Gasteiger partial charge in [-0.2, -0.15) is 0 Å². The van der Waals surface area contributed by atoms with Crippen LogP contribution in [0.4, 0.5) is 0 Å². The summed E-state index contributed by atoms with van der Waals surface area (Å²) in [6.45, 7) is 0.388. The monoisotopic (exact) mass is 336 g/mol. The van der Waals surface area contributed by atoms with Crippen LogP contribution >= 0.6 is 15.9 Å². The van der Waals surface area contributed by atoms with Crippen LogP contribution in [0.3, 0.4) is 0 Å². The molecular formula is C11H17BrN2O3S. The zero-order chi connectivity index (χ0) is 13.3.